The van der Waals surface area contributed by atoms with Crippen LogP contribution in [0, 0.1) is 0 Å². The van der Waals surface area contributed by atoms with Crippen LogP contribution in [0.15, 0.2) is 65.1 Å². The third kappa shape index (κ3) is 9.52. The summed E-state index contributed by atoms with van der Waals surface area (Å²) in [5.41, 5.74) is 2.76. The first-order chi connectivity index (χ1) is 24.3. The fourth-order valence-electron chi connectivity index (χ4n) is 5.32. The van der Waals surface area contributed by atoms with Crippen LogP contribution in [0.1, 0.15) is 48.4 Å². The lowest BCUT2D eigenvalue weighted by molar-refractivity contribution is -0.112. The Morgan fingerprint density at radius 2 is 1.10 bits per heavy atom. The van der Waals surface area contributed by atoms with Crippen molar-refractivity contribution in [3.05, 3.63) is 82.9 Å². The molecule has 0 saturated heterocycles. The highest BCUT2D eigenvalue weighted by molar-refractivity contribution is 9.12. The maximum atomic E-state index is 13.2. The maximum Gasteiger partial charge on any atom is 0.272 e. The second kappa shape index (κ2) is 17.0. The predicted octanol–water partition coefficient (Wildman–Crippen LogP) is 2.74. The molecule has 0 fully saturated rings. The van der Waals surface area contributed by atoms with E-state index in [0.717, 1.165) is 25.5 Å². The number of aliphatic imine (C=N–C) groups is 1. The molecule has 17 nitrogen and oxygen atoms in total. The van der Waals surface area contributed by atoms with Gasteiger partial charge in [0.25, 0.3) is 29.5 Å². The summed E-state index contributed by atoms with van der Waals surface area (Å²) in [6.45, 7) is 6.05. The Labute approximate surface area is 313 Å². The Kier molecular flexibility index (Phi) is 12.7. The number of aryl methyl sites for hydroxylation is 4. The number of halogens is 2. The van der Waals surface area contributed by atoms with Crippen molar-refractivity contribution in [2.75, 3.05) is 47.4 Å². The highest BCUT2D eigenvalue weighted by Crippen LogP contribution is 2.21. The summed E-state index contributed by atoms with van der Waals surface area (Å²) in [4.78, 5) is 68.4. The van der Waals surface area contributed by atoms with E-state index in [-0.39, 0.29) is 39.9 Å². The van der Waals surface area contributed by atoms with Gasteiger partial charge in [0.05, 0.1) is 27.2 Å². The van der Waals surface area contributed by atoms with E-state index in [1.165, 1.54) is 18.2 Å². The number of carbonyl (C=O) groups excluding carboxylic acids is 5. The number of hydrogen-bond donors (Lipinski definition) is 7. The second-order valence-corrected chi connectivity index (χ2v) is 12.8. The van der Waals surface area contributed by atoms with Crippen molar-refractivity contribution >= 4 is 86.6 Å². The number of anilines is 4. The van der Waals surface area contributed by atoms with Crippen LogP contribution in [0.4, 0.5) is 22.7 Å². The topological polar surface area (TPSA) is 202 Å². The van der Waals surface area contributed by atoms with Crippen LogP contribution in [0.2, 0.25) is 0 Å². The Bertz CT molecular complexity index is 2060. The Morgan fingerprint density at radius 1 is 0.692 bits per heavy atom. The van der Waals surface area contributed by atoms with Crippen molar-refractivity contribution in [3.8, 4) is 0 Å². The quantitative estimate of drug-likeness (QED) is 0.0844. The Hall–Kier alpha value is -5.75. The summed E-state index contributed by atoms with van der Waals surface area (Å²) in [5.74, 6) is -1.36. The summed E-state index contributed by atoms with van der Waals surface area (Å²) >= 11 is 3.02. The molecule has 0 radical (unpaired) electrons. The van der Waals surface area contributed by atoms with E-state index in [0.29, 0.717) is 41.5 Å². The minimum absolute atomic E-state index is 0. The van der Waals surface area contributed by atoms with E-state index in [2.05, 4.69) is 64.7 Å². The van der Waals surface area contributed by atoms with Crippen molar-refractivity contribution < 1.29 is 24.0 Å². The van der Waals surface area contributed by atoms with Gasteiger partial charge < -0.3 is 55.5 Å². The largest absolute Gasteiger partial charge is 0.356 e. The summed E-state index contributed by atoms with van der Waals surface area (Å²) in [5, 5.41) is 20.1. The highest BCUT2D eigenvalue weighted by atomic mass is 79.9. The molecule has 276 valence electrons. The van der Waals surface area contributed by atoms with Crippen LogP contribution in [0.3, 0.4) is 0 Å². The first kappa shape index (κ1) is 39.0. The van der Waals surface area contributed by atoms with Crippen molar-refractivity contribution in [1.82, 2.24) is 34.2 Å². The van der Waals surface area contributed by atoms with E-state index in [4.69, 9.17) is 0 Å². The van der Waals surface area contributed by atoms with Gasteiger partial charge in [0.1, 0.15) is 22.8 Å². The number of rotatable bonds is 12. The predicted molar refractivity (Wildman–Crippen MR) is 205 cm³/mol. The van der Waals surface area contributed by atoms with Crippen LogP contribution in [0.25, 0.3) is 0 Å². The molecular formula is C33H40BrClN12O5. The van der Waals surface area contributed by atoms with Crippen LogP contribution in [0.5, 0.6) is 0 Å². The second-order valence-electron chi connectivity index (χ2n) is 11.8. The molecule has 0 aromatic carbocycles. The minimum Gasteiger partial charge on any atom is -0.356 e. The summed E-state index contributed by atoms with van der Waals surface area (Å²) in [6, 6.07) is 6.15. The molecule has 0 unspecified atom stereocenters. The fraction of sp³-hybridized carbons (Fsp3) is 0.273. The van der Waals surface area contributed by atoms with Gasteiger partial charge >= 0.3 is 0 Å². The number of hydrogen-bond acceptors (Lipinski definition) is 8. The van der Waals surface area contributed by atoms with E-state index < -0.39 is 23.6 Å². The van der Waals surface area contributed by atoms with Crippen LogP contribution >= 0.6 is 28.3 Å². The Balaban J connectivity index is 0.00000605. The molecule has 4 aromatic heterocycles. The van der Waals surface area contributed by atoms with Crippen molar-refractivity contribution in [2.45, 2.75) is 6.42 Å². The van der Waals surface area contributed by atoms with Gasteiger partial charge in [-0.3, -0.25) is 29.0 Å². The lowest BCUT2D eigenvalue weighted by atomic mass is 10.3. The first-order valence-electron chi connectivity index (χ1n) is 15.8. The van der Waals surface area contributed by atoms with E-state index in [9.17, 15) is 24.0 Å². The van der Waals surface area contributed by atoms with Gasteiger partial charge in [-0.05, 0) is 46.6 Å². The fourth-order valence-corrected chi connectivity index (χ4v) is 5.42. The smallest absolute Gasteiger partial charge is 0.272 e. The zero-order valence-corrected chi connectivity index (χ0v) is 31.3. The molecule has 52 heavy (non-hydrogen) atoms. The first-order valence-corrected chi connectivity index (χ1v) is 16.6. The van der Waals surface area contributed by atoms with E-state index in [1.54, 1.807) is 77.3 Å². The van der Waals surface area contributed by atoms with Crippen molar-refractivity contribution in [2.24, 2.45) is 33.2 Å². The molecule has 1 aliphatic heterocycles. The van der Waals surface area contributed by atoms with E-state index >= 15 is 0 Å². The van der Waals surface area contributed by atoms with Gasteiger partial charge in [-0.2, -0.15) is 0 Å². The number of nitrogens with zero attached hydrogens (tertiary/aromatic N) is 5. The van der Waals surface area contributed by atoms with Crippen LogP contribution in [-0.2, 0) is 33.0 Å². The third-order valence-electron chi connectivity index (χ3n) is 7.83. The monoisotopic (exact) mass is 798 g/mol. The van der Waals surface area contributed by atoms with Crippen molar-refractivity contribution in [3.63, 3.8) is 0 Å². The molecule has 1 aliphatic rings. The summed E-state index contributed by atoms with van der Waals surface area (Å²) in [6.07, 6.45) is 7.41. The van der Waals surface area contributed by atoms with Crippen LogP contribution < -0.4 is 37.2 Å². The number of amides is 5. The lowest BCUT2D eigenvalue weighted by Crippen LogP contribution is -2.43. The third-order valence-corrected chi connectivity index (χ3v) is 8.19. The SMILES string of the molecule is C=C(Br)C(=O)Nc1cc(C(=O)Nc2cc(C(=O)Nc3cc(C(=O)Nc4cc(C(=O)NCCNC5=NCCCN5)n(C)c4)n(C)c3)n(C)c2)n(C)c1.Cl. The normalized spacial score (nSPS) is 12.1. The summed E-state index contributed by atoms with van der Waals surface area (Å²) in [7, 11) is 6.70. The average molecular weight is 800 g/mol. The molecule has 5 rings (SSSR count). The lowest BCUT2D eigenvalue weighted by Gasteiger charge is -2.16. The summed E-state index contributed by atoms with van der Waals surface area (Å²) < 4.78 is 6.46. The molecular weight excluding hydrogens is 760 g/mol. The highest BCUT2D eigenvalue weighted by Gasteiger charge is 2.20. The molecule has 0 saturated carbocycles. The zero-order chi connectivity index (χ0) is 36.8. The van der Waals surface area contributed by atoms with Gasteiger partial charge in [-0.25, -0.2) is 0 Å². The average Bonchev–Trinajstić information content (AvgIpc) is 3.84. The molecule has 0 aliphatic carbocycles. The van der Waals surface area contributed by atoms with Gasteiger partial charge in [-0.1, -0.05) is 6.58 Å². The maximum absolute atomic E-state index is 13.2. The van der Waals surface area contributed by atoms with Gasteiger partial charge in [-0.15, -0.1) is 12.4 Å². The molecule has 5 amide bonds. The molecule has 0 bridgehead atoms. The van der Waals surface area contributed by atoms with Crippen LogP contribution in [-0.4, -0.2) is 79.9 Å². The number of nitrogens with one attached hydrogen (secondary N) is 7. The molecule has 19 heteroatoms. The molecule has 4 aromatic rings. The van der Waals surface area contributed by atoms with Gasteiger partial charge in [0.15, 0.2) is 5.96 Å². The molecule has 0 spiro atoms. The Morgan fingerprint density at radius 3 is 1.48 bits per heavy atom. The van der Waals surface area contributed by atoms with Gasteiger partial charge in [0.2, 0.25) is 0 Å². The zero-order valence-electron chi connectivity index (χ0n) is 28.9. The number of guanidine groups is 1. The molecule has 5 heterocycles. The molecule has 7 N–H and O–H groups in total. The number of aromatic nitrogens is 4. The van der Waals surface area contributed by atoms with Crippen molar-refractivity contribution in [1.29, 1.82) is 0 Å². The molecule has 0 atom stereocenters. The number of carbonyl (C=O) groups is 5. The van der Waals surface area contributed by atoms with Gasteiger partial charge in [0, 0.05) is 79.2 Å². The van der Waals surface area contributed by atoms with E-state index in [1.807, 2.05) is 0 Å². The standard InChI is InChI=1S/C33H39BrN12O5.ClH/c1-19(34)28(47)39-20-12-25(44(3)15-20)30(49)41-22-14-27(46(5)17-22)32(51)42-23-13-26(45(4)18-23)31(50)40-21-11-24(43(2)16-21)29(48)35-9-10-38-33-36-7-6-8-37-33;/h11-18H,1,6-10H2,2-5H3,(H,35,48)(H,39,47)(H,40,50)(H,41,49)(H,42,51)(H2,36,37,38);1H. The minimum atomic E-state index is -0.466.